The number of amides is 1. The second-order valence-corrected chi connectivity index (χ2v) is 11.8. The molecule has 0 radical (unpaired) electrons. The van der Waals surface area contributed by atoms with Crippen molar-refractivity contribution in [2.24, 2.45) is 0 Å². The topological polar surface area (TPSA) is 58.6 Å². The van der Waals surface area contributed by atoms with Crippen LogP contribution < -0.4 is 10.1 Å². The number of fused-ring (bicyclic) bond motifs is 1. The smallest absolute Gasteiger partial charge is 0.266 e. The standard InChI is InChI=1S/C33H35ClN2O3S.ClH/c1-4-39-29-18-13-24(23-11-9-22(10-12-23)21(2)37)19-25(29)20-36(27-16-14-26(35-3)15-17-27)33(38)32-31(34)28-7-5-6-8-30(28)40-32;/h5-13,18-19,26-27,35H,4,14-17,20H2,1-3H3;1H. The van der Waals surface area contributed by atoms with Gasteiger partial charge < -0.3 is 15.0 Å². The van der Waals surface area contributed by atoms with Crippen molar-refractivity contribution in [3.63, 3.8) is 0 Å². The molecule has 4 aromatic rings. The molecule has 1 aliphatic carbocycles. The molecular formula is C33H36Cl2N2O3S. The first-order valence-corrected chi connectivity index (χ1v) is 15.1. The number of Topliss-reactive ketones (excluding diaryl/α,β-unsaturated/α-hetero) is 1. The molecule has 41 heavy (non-hydrogen) atoms. The zero-order valence-electron chi connectivity index (χ0n) is 23.6. The molecule has 216 valence electrons. The maximum Gasteiger partial charge on any atom is 0.266 e. The third kappa shape index (κ3) is 6.78. The molecule has 0 bridgehead atoms. The van der Waals surface area contributed by atoms with Gasteiger partial charge in [0.1, 0.15) is 10.6 Å². The summed E-state index contributed by atoms with van der Waals surface area (Å²) < 4.78 is 7.06. The number of nitrogens with zero attached hydrogens (tertiary/aromatic N) is 1. The highest BCUT2D eigenvalue weighted by molar-refractivity contribution is 7.21. The summed E-state index contributed by atoms with van der Waals surface area (Å²) >= 11 is 8.27. The molecule has 1 amide bonds. The first kappa shape index (κ1) is 31.0. The average molecular weight is 612 g/mol. The minimum Gasteiger partial charge on any atom is -0.494 e. The molecule has 0 saturated heterocycles. The second kappa shape index (κ2) is 13.8. The predicted molar refractivity (Wildman–Crippen MR) is 172 cm³/mol. The number of thiophene rings is 1. The highest BCUT2D eigenvalue weighted by Crippen LogP contribution is 2.38. The van der Waals surface area contributed by atoms with E-state index in [1.807, 2.05) is 79.5 Å². The fraction of sp³-hybridized carbons (Fsp3) is 0.333. The summed E-state index contributed by atoms with van der Waals surface area (Å²) in [6.45, 7) is 4.50. The summed E-state index contributed by atoms with van der Waals surface area (Å²) in [6, 6.07) is 22.3. The number of rotatable bonds is 9. The van der Waals surface area contributed by atoms with Crippen molar-refractivity contribution in [1.82, 2.24) is 10.2 Å². The molecule has 1 fully saturated rings. The Labute approximate surface area is 257 Å². The van der Waals surface area contributed by atoms with Crippen molar-refractivity contribution in [2.45, 2.75) is 58.2 Å². The number of nitrogens with one attached hydrogen (secondary N) is 1. The summed E-state index contributed by atoms with van der Waals surface area (Å²) in [5.74, 6) is 0.787. The van der Waals surface area contributed by atoms with E-state index in [9.17, 15) is 9.59 Å². The van der Waals surface area contributed by atoms with Gasteiger partial charge in [0.15, 0.2) is 5.78 Å². The van der Waals surface area contributed by atoms with Crippen LogP contribution in [0.3, 0.4) is 0 Å². The zero-order valence-corrected chi connectivity index (χ0v) is 26.0. The van der Waals surface area contributed by atoms with Gasteiger partial charge in [0.05, 0.1) is 11.6 Å². The molecule has 0 spiro atoms. The molecule has 1 aliphatic rings. The van der Waals surface area contributed by atoms with Crippen LogP contribution in [0.25, 0.3) is 21.2 Å². The van der Waals surface area contributed by atoms with Crippen LogP contribution in [-0.2, 0) is 6.54 Å². The molecule has 5 nitrogen and oxygen atoms in total. The van der Waals surface area contributed by atoms with Crippen molar-refractivity contribution in [2.75, 3.05) is 13.7 Å². The average Bonchev–Trinajstić information content (AvgIpc) is 3.33. The Kier molecular flexibility index (Phi) is 10.5. The largest absolute Gasteiger partial charge is 0.494 e. The zero-order chi connectivity index (χ0) is 28.2. The Hall–Kier alpha value is -2.90. The van der Waals surface area contributed by atoms with Gasteiger partial charge in [0.2, 0.25) is 0 Å². The van der Waals surface area contributed by atoms with Gasteiger partial charge in [0.25, 0.3) is 5.91 Å². The van der Waals surface area contributed by atoms with Crippen LogP contribution in [0.1, 0.15) is 65.1 Å². The van der Waals surface area contributed by atoms with Gasteiger partial charge in [-0.1, -0.05) is 60.1 Å². The third-order valence-electron chi connectivity index (χ3n) is 7.86. The van der Waals surface area contributed by atoms with Crippen LogP contribution in [0, 0.1) is 0 Å². The van der Waals surface area contributed by atoms with E-state index in [4.69, 9.17) is 16.3 Å². The minimum absolute atomic E-state index is 0. The number of ether oxygens (including phenoxy) is 1. The first-order valence-electron chi connectivity index (χ1n) is 13.9. The SMILES string of the molecule is CCOc1ccc(-c2ccc(C(C)=O)cc2)cc1CN(C(=O)c1sc2ccccc2c1Cl)C1CCC(NC)CC1.Cl. The molecule has 1 saturated carbocycles. The lowest BCUT2D eigenvalue weighted by atomic mass is 9.89. The molecular weight excluding hydrogens is 575 g/mol. The number of benzene rings is 3. The third-order valence-corrected chi connectivity index (χ3v) is 9.52. The monoisotopic (exact) mass is 610 g/mol. The Balaban J connectivity index is 0.00000387. The number of carbonyl (C=O) groups is 2. The fourth-order valence-corrected chi connectivity index (χ4v) is 7.05. The maximum atomic E-state index is 14.3. The molecule has 3 aromatic carbocycles. The van der Waals surface area contributed by atoms with Crippen molar-refractivity contribution < 1.29 is 14.3 Å². The van der Waals surface area contributed by atoms with Crippen LogP contribution in [0.15, 0.2) is 66.7 Å². The van der Waals surface area contributed by atoms with Crippen molar-refractivity contribution in [3.05, 3.63) is 87.8 Å². The summed E-state index contributed by atoms with van der Waals surface area (Å²) in [7, 11) is 2.01. The lowest BCUT2D eigenvalue weighted by Gasteiger charge is -2.37. The van der Waals surface area contributed by atoms with Crippen molar-refractivity contribution in [3.8, 4) is 16.9 Å². The summed E-state index contributed by atoms with van der Waals surface area (Å²) in [6.07, 6.45) is 3.89. The number of carbonyl (C=O) groups excluding carboxylic acids is 2. The Bertz CT molecular complexity index is 1510. The van der Waals surface area contributed by atoms with Crippen LogP contribution in [0.2, 0.25) is 5.02 Å². The highest BCUT2D eigenvalue weighted by atomic mass is 35.5. The molecule has 8 heteroatoms. The molecule has 1 N–H and O–H groups in total. The van der Waals surface area contributed by atoms with Gasteiger partial charge in [-0.2, -0.15) is 0 Å². The normalized spacial score (nSPS) is 16.7. The van der Waals surface area contributed by atoms with Gasteiger partial charge in [-0.25, -0.2) is 0 Å². The van der Waals surface area contributed by atoms with Crippen LogP contribution in [0.5, 0.6) is 5.75 Å². The predicted octanol–water partition coefficient (Wildman–Crippen LogP) is 8.42. The minimum atomic E-state index is -0.0298. The van der Waals surface area contributed by atoms with E-state index in [1.165, 1.54) is 11.3 Å². The van der Waals surface area contributed by atoms with E-state index in [0.29, 0.717) is 34.7 Å². The lowest BCUT2D eigenvalue weighted by Crippen LogP contribution is -2.44. The second-order valence-electron chi connectivity index (χ2n) is 10.4. The molecule has 5 rings (SSSR count). The number of halogens is 2. The van der Waals surface area contributed by atoms with Crippen LogP contribution in [0.4, 0.5) is 0 Å². The first-order chi connectivity index (χ1) is 19.4. The van der Waals surface area contributed by atoms with E-state index >= 15 is 0 Å². The van der Waals surface area contributed by atoms with Gasteiger partial charge in [-0.15, -0.1) is 23.7 Å². The molecule has 0 aliphatic heterocycles. The van der Waals surface area contributed by atoms with Gasteiger partial charge in [-0.05, 0) is 75.9 Å². The van der Waals surface area contributed by atoms with Crippen LogP contribution >= 0.6 is 35.3 Å². The van der Waals surface area contributed by atoms with E-state index < -0.39 is 0 Å². The summed E-state index contributed by atoms with van der Waals surface area (Å²) in [5.41, 5.74) is 3.66. The number of hydrogen-bond acceptors (Lipinski definition) is 5. The maximum absolute atomic E-state index is 14.3. The van der Waals surface area contributed by atoms with E-state index in [0.717, 1.165) is 58.2 Å². The fourth-order valence-electron chi connectivity index (χ4n) is 5.58. The number of hydrogen-bond donors (Lipinski definition) is 1. The van der Waals surface area contributed by atoms with Crippen LogP contribution in [-0.4, -0.2) is 42.3 Å². The highest BCUT2D eigenvalue weighted by Gasteiger charge is 2.32. The van der Waals surface area contributed by atoms with Gasteiger partial charge in [-0.3, -0.25) is 9.59 Å². The Morgan fingerprint density at radius 3 is 2.32 bits per heavy atom. The van der Waals surface area contributed by atoms with Crippen molar-refractivity contribution in [1.29, 1.82) is 0 Å². The molecule has 1 aromatic heterocycles. The van der Waals surface area contributed by atoms with Crippen molar-refractivity contribution >= 4 is 57.1 Å². The summed E-state index contributed by atoms with van der Waals surface area (Å²) in [5, 5.41) is 4.85. The summed E-state index contributed by atoms with van der Waals surface area (Å²) in [4.78, 5) is 28.7. The molecule has 0 atom stereocenters. The van der Waals surface area contributed by atoms with Gasteiger partial charge >= 0.3 is 0 Å². The quantitative estimate of drug-likeness (QED) is 0.193. The van der Waals surface area contributed by atoms with E-state index in [1.54, 1.807) is 6.92 Å². The lowest BCUT2D eigenvalue weighted by molar-refractivity contribution is 0.0604. The number of ketones is 1. The van der Waals surface area contributed by atoms with Gasteiger partial charge in [0, 0.05) is 39.8 Å². The Morgan fingerprint density at radius 1 is 1.00 bits per heavy atom. The van der Waals surface area contributed by atoms with E-state index in [-0.39, 0.29) is 30.1 Å². The molecule has 1 heterocycles. The van der Waals surface area contributed by atoms with E-state index in [2.05, 4.69) is 11.4 Å². The molecule has 0 unspecified atom stereocenters. The Morgan fingerprint density at radius 2 is 1.68 bits per heavy atom.